The number of likely N-dealkylation sites (tertiary alicyclic amines) is 1. The molecule has 2 aromatic rings. The van der Waals surface area contributed by atoms with Gasteiger partial charge in [-0.05, 0) is 86.0 Å². The van der Waals surface area contributed by atoms with E-state index in [1.165, 1.54) is 30.4 Å². The molecule has 0 radical (unpaired) electrons. The van der Waals surface area contributed by atoms with Crippen molar-refractivity contribution in [1.82, 2.24) is 4.90 Å². The van der Waals surface area contributed by atoms with Crippen LogP contribution in [-0.4, -0.2) is 43.5 Å². The van der Waals surface area contributed by atoms with Gasteiger partial charge in [0.15, 0.2) is 0 Å². The molecule has 4 nitrogen and oxygen atoms in total. The van der Waals surface area contributed by atoms with Crippen molar-refractivity contribution in [2.24, 2.45) is 5.92 Å². The lowest BCUT2D eigenvalue weighted by atomic mass is 9.52. The van der Waals surface area contributed by atoms with Crippen molar-refractivity contribution in [2.45, 2.75) is 55.9 Å². The van der Waals surface area contributed by atoms with Gasteiger partial charge in [-0.3, -0.25) is 9.69 Å². The Balaban J connectivity index is 1.55. The molecule has 0 amide bonds. The van der Waals surface area contributed by atoms with Crippen molar-refractivity contribution < 1.29 is 14.3 Å². The number of ketones is 1. The van der Waals surface area contributed by atoms with Gasteiger partial charge < -0.3 is 9.47 Å². The summed E-state index contributed by atoms with van der Waals surface area (Å²) in [5, 5.41) is 0. The number of hydrogen-bond donors (Lipinski definition) is 0. The minimum Gasteiger partial charge on any atom is -0.497 e. The van der Waals surface area contributed by atoms with E-state index in [-0.39, 0.29) is 23.3 Å². The third-order valence-electron chi connectivity index (χ3n) is 8.06. The van der Waals surface area contributed by atoms with Crippen LogP contribution in [0.1, 0.15) is 61.5 Å². The van der Waals surface area contributed by atoms with Crippen molar-refractivity contribution in [3.63, 3.8) is 0 Å². The van der Waals surface area contributed by atoms with E-state index in [0.29, 0.717) is 5.78 Å². The SMILES string of the molecule is COc1ccc([C@@H]2CC3(N4CCCCC4)CC(=O)C2[C@H](c2ccc(OC)cc2)C3)cc1. The molecule has 1 heterocycles. The molecular weight excluding hydrogens is 386 g/mol. The van der Waals surface area contributed by atoms with E-state index in [0.717, 1.165) is 43.9 Å². The summed E-state index contributed by atoms with van der Waals surface area (Å²) >= 11 is 0. The molecule has 1 aliphatic heterocycles. The Labute approximate surface area is 185 Å². The van der Waals surface area contributed by atoms with Crippen LogP contribution in [0.25, 0.3) is 0 Å². The highest BCUT2D eigenvalue weighted by atomic mass is 16.5. The van der Waals surface area contributed by atoms with E-state index in [4.69, 9.17) is 9.47 Å². The van der Waals surface area contributed by atoms with Crippen LogP contribution in [0.2, 0.25) is 0 Å². The fraction of sp³-hybridized carbons (Fsp3) is 0.519. The highest BCUT2D eigenvalue weighted by molar-refractivity contribution is 5.87. The number of ether oxygens (including phenoxy) is 2. The predicted octanol–water partition coefficient (Wildman–Crippen LogP) is 5.18. The van der Waals surface area contributed by atoms with E-state index in [2.05, 4.69) is 29.2 Å². The monoisotopic (exact) mass is 419 g/mol. The minimum absolute atomic E-state index is 0.0125. The molecule has 0 spiro atoms. The molecule has 3 saturated carbocycles. The predicted molar refractivity (Wildman–Crippen MR) is 122 cm³/mol. The number of hydrogen-bond acceptors (Lipinski definition) is 4. The zero-order valence-electron chi connectivity index (χ0n) is 18.7. The van der Waals surface area contributed by atoms with Crippen LogP contribution < -0.4 is 9.47 Å². The first-order chi connectivity index (χ1) is 15.1. The van der Waals surface area contributed by atoms with Crippen LogP contribution in [0.4, 0.5) is 0 Å². The largest absolute Gasteiger partial charge is 0.497 e. The fourth-order valence-electron chi connectivity index (χ4n) is 6.56. The lowest BCUT2D eigenvalue weighted by Crippen LogP contribution is -2.62. The van der Waals surface area contributed by atoms with Crippen molar-refractivity contribution in [1.29, 1.82) is 0 Å². The van der Waals surface area contributed by atoms with Gasteiger partial charge in [0.1, 0.15) is 17.3 Å². The Morgan fingerprint density at radius 3 is 1.71 bits per heavy atom. The molecule has 0 unspecified atom stereocenters. The van der Waals surface area contributed by atoms with Crippen LogP contribution >= 0.6 is 0 Å². The molecule has 2 atom stereocenters. The molecule has 1 saturated heterocycles. The summed E-state index contributed by atoms with van der Waals surface area (Å²) in [5.74, 6) is 2.75. The van der Waals surface area contributed by atoms with Crippen LogP contribution in [0.5, 0.6) is 11.5 Å². The van der Waals surface area contributed by atoms with Crippen molar-refractivity contribution >= 4 is 5.78 Å². The molecule has 0 aromatic heterocycles. The molecule has 3 aliphatic carbocycles. The van der Waals surface area contributed by atoms with E-state index in [1.807, 2.05) is 24.3 Å². The number of benzene rings is 2. The number of Topliss-reactive ketones (excluding diaryl/α,β-unsaturated/α-hetero) is 1. The molecular formula is C27H33NO3. The Hall–Kier alpha value is -2.33. The average Bonchev–Trinajstić information content (AvgIpc) is 2.84. The quantitative estimate of drug-likeness (QED) is 0.669. The molecule has 2 bridgehead atoms. The smallest absolute Gasteiger partial charge is 0.139 e. The molecule has 4 heteroatoms. The maximum atomic E-state index is 13.6. The second-order valence-electron chi connectivity index (χ2n) is 9.61. The van der Waals surface area contributed by atoms with Crippen molar-refractivity contribution in [2.75, 3.05) is 27.3 Å². The summed E-state index contributed by atoms with van der Waals surface area (Å²) in [6.45, 7) is 2.26. The van der Waals surface area contributed by atoms with E-state index < -0.39 is 0 Å². The Morgan fingerprint density at radius 1 is 0.774 bits per heavy atom. The number of carbonyl (C=O) groups is 1. The maximum absolute atomic E-state index is 13.6. The summed E-state index contributed by atoms with van der Waals surface area (Å²) in [6, 6.07) is 16.9. The number of rotatable bonds is 5. The second kappa shape index (κ2) is 8.31. The third-order valence-corrected chi connectivity index (χ3v) is 8.06. The highest BCUT2D eigenvalue weighted by Gasteiger charge is 2.57. The molecule has 4 aliphatic rings. The van der Waals surface area contributed by atoms with Crippen LogP contribution in [0.15, 0.2) is 48.5 Å². The summed E-state index contributed by atoms with van der Waals surface area (Å²) < 4.78 is 10.8. The van der Waals surface area contributed by atoms with Gasteiger partial charge in [0, 0.05) is 17.9 Å². The summed E-state index contributed by atoms with van der Waals surface area (Å²) in [6.07, 6.45) is 6.70. The zero-order valence-corrected chi connectivity index (χ0v) is 18.7. The Bertz CT molecular complexity index is 857. The fourth-order valence-corrected chi connectivity index (χ4v) is 6.56. The van der Waals surface area contributed by atoms with E-state index >= 15 is 0 Å². The lowest BCUT2D eigenvalue weighted by Gasteiger charge is -2.59. The molecule has 6 rings (SSSR count). The van der Waals surface area contributed by atoms with Crippen molar-refractivity contribution in [3.8, 4) is 11.5 Å². The first kappa shape index (κ1) is 20.6. The van der Waals surface area contributed by atoms with Gasteiger partial charge >= 0.3 is 0 Å². The molecule has 31 heavy (non-hydrogen) atoms. The topological polar surface area (TPSA) is 38.8 Å². The number of piperidine rings is 1. The number of nitrogens with zero attached hydrogens (tertiary/aromatic N) is 1. The van der Waals surface area contributed by atoms with Gasteiger partial charge in [-0.2, -0.15) is 0 Å². The van der Waals surface area contributed by atoms with Gasteiger partial charge in [-0.15, -0.1) is 0 Å². The van der Waals surface area contributed by atoms with Crippen LogP contribution in [-0.2, 0) is 4.79 Å². The second-order valence-corrected chi connectivity index (χ2v) is 9.61. The molecule has 164 valence electrons. The van der Waals surface area contributed by atoms with Crippen LogP contribution in [0.3, 0.4) is 0 Å². The normalized spacial score (nSPS) is 30.9. The lowest BCUT2D eigenvalue weighted by molar-refractivity contribution is -0.140. The Kier molecular flexibility index (Phi) is 5.51. The summed E-state index contributed by atoms with van der Waals surface area (Å²) in [7, 11) is 3.40. The first-order valence-electron chi connectivity index (χ1n) is 11.7. The number of carbonyl (C=O) groups excluding carboxylic acids is 1. The van der Waals surface area contributed by atoms with E-state index in [1.54, 1.807) is 14.2 Å². The van der Waals surface area contributed by atoms with Gasteiger partial charge in [0.2, 0.25) is 0 Å². The van der Waals surface area contributed by atoms with Gasteiger partial charge in [0.05, 0.1) is 14.2 Å². The standard InChI is InChI=1S/C27H33NO3/c1-30-21-10-6-19(7-11-21)23-16-27(28-14-4-3-5-15-28)17-24(26(23)25(29)18-27)20-8-12-22(31-2)13-9-20/h6-13,23-24,26H,3-5,14-18H2,1-2H3/t23-,24-,26?,27?/m0/s1. The Morgan fingerprint density at radius 2 is 1.26 bits per heavy atom. The third kappa shape index (κ3) is 3.65. The molecule has 2 aromatic carbocycles. The molecule has 4 fully saturated rings. The van der Waals surface area contributed by atoms with Gasteiger partial charge in [-0.1, -0.05) is 30.7 Å². The maximum Gasteiger partial charge on any atom is 0.139 e. The average molecular weight is 420 g/mol. The van der Waals surface area contributed by atoms with Crippen LogP contribution in [0, 0.1) is 5.92 Å². The first-order valence-corrected chi connectivity index (χ1v) is 11.7. The summed E-state index contributed by atoms with van der Waals surface area (Å²) in [4.78, 5) is 16.3. The number of fused-ring (bicyclic) bond motifs is 3. The van der Waals surface area contributed by atoms with Crippen molar-refractivity contribution in [3.05, 3.63) is 59.7 Å². The summed E-state index contributed by atoms with van der Waals surface area (Å²) in [5.41, 5.74) is 2.54. The van der Waals surface area contributed by atoms with Gasteiger partial charge in [0.25, 0.3) is 0 Å². The highest BCUT2D eigenvalue weighted by Crippen LogP contribution is 2.58. The number of methoxy groups -OCH3 is 2. The zero-order chi connectivity index (χ0) is 21.4. The minimum atomic E-state index is -0.0125. The molecule has 0 N–H and O–H groups in total. The van der Waals surface area contributed by atoms with Gasteiger partial charge in [-0.25, -0.2) is 0 Å². The van der Waals surface area contributed by atoms with E-state index in [9.17, 15) is 4.79 Å².